The minimum atomic E-state index is -0.439. The van der Waals surface area contributed by atoms with Crippen molar-refractivity contribution in [2.24, 2.45) is 0 Å². The first kappa shape index (κ1) is 17.3. The van der Waals surface area contributed by atoms with Crippen LogP contribution in [0.5, 0.6) is 0 Å². The number of carbonyl (C=O) groups excluding carboxylic acids is 1. The number of piperidine rings is 1. The third-order valence-electron chi connectivity index (χ3n) is 3.47. The molecule has 0 radical (unpaired) electrons. The highest BCUT2D eigenvalue weighted by molar-refractivity contribution is 9.10. The second-order valence-corrected chi connectivity index (χ2v) is 7.52. The number of ether oxygens (including phenoxy) is 2. The number of amides is 1. The second-order valence-electron chi connectivity index (χ2n) is 6.61. The highest BCUT2D eigenvalue weighted by Gasteiger charge is 2.27. The zero-order valence-corrected chi connectivity index (χ0v) is 15.1. The van der Waals surface area contributed by atoms with Crippen LogP contribution in [0.15, 0.2) is 28.7 Å². The summed E-state index contributed by atoms with van der Waals surface area (Å²) in [4.78, 5) is 13.8. The van der Waals surface area contributed by atoms with Crippen LogP contribution in [0.2, 0.25) is 0 Å². The lowest BCUT2D eigenvalue weighted by Crippen LogP contribution is -2.43. The van der Waals surface area contributed by atoms with Crippen molar-refractivity contribution in [2.75, 3.05) is 13.1 Å². The van der Waals surface area contributed by atoms with Gasteiger partial charge in [0.2, 0.25) is 0 Å². The lowest BCUT2D eigenvalue weighted by Gasteiger charge is -2.33. The molecule has 5 heteroatoms. The van der Waals surface area contributed by atoms with Crippen molar-refractivity contribution in [2.45, 2.75) is 51.9 Å². The van der Waals surface area contributed by atoms with Gasteiger partial charge >= 0.3 is 6.09 Å². The number of carbonyl (C=O) groups is 1. The third kappa shape index (κ3) is 5.61. The molecular formula is C17H24BrNO3. The van der Waals surface area contributed by atoms with Crippen LogP contribution in [0.4, 0.5) is 4.79 Å². The maximum absolute atomic E-state index is 12.0. The van der Waals surface area contributed by atoms with E-state index in [0.717, 1.165) is 22.9 Å². The summed E-state index contributed by atoms with van der Waals surface area (Å²) < 4.78 is 12.4. The first-order chi connectivity index (χ1) is 10.3. The Morgan fingerprint density at radius 2 is 2.00 bits per heavy atom. The van der Waals surface area contributed by atoms with Crippen LogP contribution in [0.1, 0.15) is 39.2 Å². The predicted molar refractivity (Wildman–Crippen MR) is 89.8 cm³/mol. The molecule has 4 nitrogen and oxygen atoms in total. The quantitative estimate of drug-likeness (QED) is 0.793. The number of hydrogen-bond acceptors (Lipinski definition) is 3. The maximum Gasteiger partial charge on any atom is 0.410 e. The molecule has 22 heavy (non-hydrogen) atoms. The number of hydrogen-bond donors (Lipinski definition) is 0. The largest absolute Gasteiger partial charge is 0.444 e. The Bertz CT molecular complexity index is 505. The van der Waals surface area contributed by atoms with E-state index in [1.54, 1.807) is 4.90 Å². The lowest BCUT2D eigenvalue weighted by molar-refractivity contribution is -0.0170. The molecule has 0 unspecified atom stereocenters. The highest BCUT2D eigenvalue weighted by Crippen LogP contribution is 2.19. The molecule has 122 valence electrons. The standard InChI is InChI=1S/C17H24BrNO3/c1-17(2,3)22-16(20)19-9-7-15(8-10-19)21-12-13-5-4-6-14(18)11-13/h4-6,11,15H,7-10,12H2,1-3H3. The first-order valence-corrected chi connectivity index (χ1v) is 8.47. The summed E-state index contributed by atoms with van der Waals surface area (Å²) in [5.41, 5.74) is 0.717. The number of rotatable bonds is 3. The lowest BCUT2D eigenvalue weighted by atomic mass is 10.1. The summed E-state index contributed by atoms with van der Waals surface area (Å²) in [6.45, 7) is 7.66. The first-order valence-electron chi connectivity index (χ1n) is 7.67. The molecule has 1 saturated heterocycles. The van der Waals surface area contributed by atoms with E-state index in [0.29, 0.717) is 19.7 Å². The molecule has 0 atom stereocenters. The van der Waals surface area contributed by atoms with Crippen LogP contribution >= 0.6 is 15.9 Å². The molecule has 1 aliphatic heterocycles. The van der Waals surface area contributed by atoms with Gasteiger partial charge in [0, 0.05) is 17.6 Å². The van der Waals surface area contributed by atoms with Crippen molar-refractivity contribution in [3.05, 3.63) is 34.3 Å². The molecular weight excluding hydrogens is 346 g/mol. The molecule has 1 fully saturated rings. The van der Waals surface area contributed by atoms with Gasteiger partial charge in [0.1, 0.15) is 5.60 Å². The summed E-state index contributed by atoms with van der Waals surface area (Å²) in [5, 5.41) is 0. The van der Waals surface area contributed by atoms with E-state index in [4.69, 9.17) is 9.47 Å². The van der Waals surface area contributed by atoms with E-state index in [2.05, 4.69) is 28.1 Å². The number of halogens is 1. The van der Waals surface area contributed by atoms with Gasteiger partial charge in [-0.2, -0.15) is 0 Å². The molecule has 1 aliphatic rings. The Balaban J connectivity index is 1.74. The van der Waals surface area contributed by atoms with Gasteiger partial charge in [0.15, 0.2) is 0 Å². The highest BCUT2D eigenvalue weighted by atomic mass is 79.9. The van der Waals surface area contributed by atoms with Crippen LogP contribution in [0, 0.1) is 0 Å². The molecule has 0 bridgehead atoms. The second kappa shape index (κ2) is 7.47. The fraction of sp³-hybridized carbons (Fsp3) is 0.588. The molecule has 0 saturated carbocycles. The fourth-order valence-corrected chi connectivity index (χ4v) is 2.82. The Labute approximate surface area is 140 Å². The van der Waals surface area contributed by atoms with Crippen LogP contribution in [-0.4, -0.2) is 35.8 Å². The Hall–Kier alpha value is -1.07. The fourth-order valence-electron chi connectivity index (χ4n) is 2.37. The van der Waals surface area contributed by atoms with Crippen LogP contribution < -0.4 is 0 Å². The van der Waals surface area contributed by atoms with Crippen LogP contribution in [-0.2, 0) is 16.1 Å². The average Bonchev–Trinajstić information content (AvgIpc) is 2.44. The third-order valence-corrected chi connectivity index (χ3v) is 3.96. The topological polar surface area (TPSA) is 38.8 Å². The summed E-state index contributed by atoms with van der Waals surface area (Å²) >= 11 is 3.46. The Kier molecular flexibility index (Phi) is 5.87. The van der Waals surface area contributed by atoms with Crippen molar-refractivity contribution in [1.29, 1.82) is 0 Å². The molecule has 0 spiro atoms. The van der Waals surface area contributed by atoms with Crippen molar-refractivity contribution in [1.82, 2.24) is 4.90 Å². The zero-order chi connectivity index (χ0) is 16.2. The van der Waals surface area contributed by atoms with Crippen LogP contribution in [0.25, 0.3) is 0 Å². The maximum atomic E-state index is 12.0. The monoisotopic (exact) mass is 369 g/mol. The number of nitrogens with zero attached hydrogens (tertiary/aromatic N) is 1. The van der Waals surface area contributed by atoms with E-state index in [1.807, 2.05) is 32.9 Å². The van der Waals surface area contributed by atoms with E-state index in [9.17, 15) is 4.79 Å². The Morgan fingerprint density at radius 3 is 2.59 bits per heavy atom. The zero-order valence-electron chi connectivity index (χ0n) is 13.5. The minimum Gasteiger partial charge on any atom is -0.444 e. The van der Waals surface area contributed by atoms with Crippen molar-refractivity contribution < 1.29 is 14.3 Å². The Morgan fingerprint density at radius 1 is 1.32 bits per heavy atom. The number of likely N-dealkylation sites (tertiary alicyclic amines) is 1. The molecule has 0 aromatic heterocycles. The van der Waals surface area contributed by atoms with Gasteiger partial charge in [-0.25, -0.2) is 4.79 Å². The van der Waals surface area contributed by atoms with E-state index >= 15 is 0 Å². The molecule has 1 heterocycles. The molecule has 1 aromatic carbocycles. The summed E-state index contributed by atoms with van der Waals surface area (Å²) in [6.07, 6.45) is 1.69. The molecule has 0 aliphatic carbocycles. The van der Waals surface area contributed by atoms with Crippen molar-refractivity contribution in [3.8, 4) is 0 Å². The molecule has 2 rings (SSSR count). The van der Waals surface area contributed by atoms with Crippen LogP contribution in [0.3, 0.4) is 0 Å². The van der Waals surface area contributed by atoms with Gasteiger partial charge in [-0.15, -0.1) is 0 Å². The normalized spacial score (nSPS) is 16.6. The average molecular weight is 370 g/mol. The van der Waals surface area contributed by atoms with Gasteiger partial charge in [-0.1, -0.05) is 28.1 Å². The SMILES string of the molecule is CC(C)(C)OC(=O)N1CCC(OCc2cccc(Br)c2)CC1. The predicted octanol–water partition coefficient (Wildman–Crippen LogP) is 4.37. The van der Waals surface area contributed by atoms with Gasteiger partial charge in [0.25, 0.3) is 0 Å². The minimum absolute atomic E-state index is 0.206. The smallest absolute Gasteiger partial charge is 0.410 e. The van der Waals surface area contributed by atoms with Gasteiger partial charge in [-0.3, -0.25) is 0 Å². The molecule has 0 N–H and O–H groups in total. The number of benzene rings is 1. The van der Waals surface area contributed by atoms with Crippen molar-refractivity contribution in [3.63, 3.8) is 0 Å². The molecule has 1 amide bonds. The van der Waals surface area contributed by atoms with Gasteiger partial charge < -0.3 is 14.4 Å². The summed E-state index contributed by atoms with van der Waals surface area (Å²) in [5.74, 6) is 0. The van der Waals surface area contributed by atoms with Crippen molar-refractivity contribution >= 4 is 22.0 Å². The van der Waals surface area contributed by atoms with E-state index in [-0.39, 0.29) is 12.2 Å². The summed E-state index contributed by atoms with van der Waals surface area (Å²) in [6, 6.07) is 8.13. The van der Waals surface area contributed by atoms with E-state index < -0.39 is 5.60 Å². The van der Waals surface area contributed by atoms with Gasteiger partial charge in [0.05, 0.1) is 12.7 Å². The summed E-state index contributed by atoms with van der Waals surface area (Å²) in [7, 11) is 0. The van der Waals surface area contributed by atoms with E-state index in [1.165, 1.54) is 0 Å². The van der Waals surface area contributed by atoms with Gasteiger partial charge in [-0.05, 0) is 51.3 Å². The molecule has 1 aromatic rings.